The average Bonchev–Trinajstić information content (AvgIpc) is 2.54. The molecule has 1 aromatic carbocycles. The first kappa shape index (κ1) is 22.1. The third-order valence-electron chi connectivity index (χ3n) is 3.31. The molecule has 0 spiro atoms. The molecule has 0 aliphatic rings. The molecule has 0 aliphatic carbocycles. The number of hydrogen-bond donors (Lipinski definition) is 1. The molecule has 0 bridgehead atoms. The van der Waals surface area contributed by atoms with E-state index in [9.17, 15) is 26.4 Å². The molecule has 0 aliphatic heterocycles. The zero-order chi connectivity index (χ0) is 19.8. The summed E-state index contributed by atoms with van der Waals surface area (Å²) in [5.74, 6) is -0.355. The Hall–Kier alpha value is -1.97. The van der Waals surface area contributed by atoms with Crippen molar-refractivity contribution in [3.63, 3.8) is 0 Å². The van der Waals surface area contributed by atoms with Gasteiger partial charge in [0.05, 0.1) is 11.3 Å². The van der Waals surface area contributed by atoms with Crippen LogP contribution >= 0.6 is 0 Å². The second-order valence-electron chi connectivity index (χ2n) is 5.43. The fourth-order valence-corrected chi connectivity index (χ4v) is 2.59. The fraction of sp³-hybridized carbons (Fsp3) is 0.562. The van der Waals surface area contributed by atoms with Gasteiger partial charge in [-0.3, -0.25) is 0 Å². The summed E-state index contributed by atoms with van der Waals surface area (Å²) in [6.45, 7) is 3.16. The summed E-state index contributed by atoms with van der Waals surface area (Å²) in [5.41, 5.74) is -0.875. The number of ether oxygens (including phenoxy) is 2. The van der Waals surface area contributed by atoms with Crippen LogP contribution in [0.15, 0.2) is 24.3 Å². The molecule has 1 rings (SSSR count). The van der Waals surface area contributed by atoms with Crippen LogP contribution in [0.4, 0.5) is 18.0 Å². The third kappa shape index (κ3) is 7.94. The summed E-state index contributed by atoms with van der Waals surface area (Å²) in [6, 6.07) is 4.24. The van der Waals surface area contributed by atoms with E-state index in [1.807, 2.05) is 0 Å². The van der Waals surface area contributed by atoms with Crippen molar-refractivity contribution in [2.45, 2.75) is 39.2 Å². The molecule has 1 N–H and O–H groups in total. The molecule has 1 unspecified atom stereocenters. The smallest absolute Gasteiger partial charge is 0.416 e. The second-order valence-corrected chi connectivity index (χ2v) is 7.90. The lowest BCUT2D eigenvalue weighted by Crippen LogP contribution is -2.34. The minimum absolute atomic E-state index is 0.0408. The highest BCUT2D eigenvalue weighted by molar-refractivity contribution is 7.91. The molecule has 1 atom stereocenters. The van der Waals surface area contributed by atoms with Crippen LogP contribution in [-0.2, 0) is 20.8 Å². The molecule has 0 saturated heterocycles. The molecule has 1 amide bonds. The lowest BCUT2D eigenvalue weighted by molar-refractivity contribution is -0.137. The van der Waals surface area contributed by atoms with Crippen molar-refractivity contribution < 1.29 is 35.9 Å². The lowest BCUT2D eigenvalue weighted by atomic mass is 10.2. The maximum Gasteiger partial charge on any atom is 0.416 e. The first-order valence-corrected chi connectivity index (χ1v) is 9.88. The maximum absolute atomic E-state index is 12.7. The van der Waals surface area contributed by atoms with Gasteiger partial charge in [0.25, 0.3) is 0 Å². The van der Waals surface area contributed by atoms with Gasteiger partial charge in [0, 0.05) is 18.7 Å². The van der Waals surface area contributed by atoms with Gasteiger partial charge in [-0.15, -0.1) is 0 Å². The van der Waals surface area contributed by atoms with Crippen LogP contribution in [0.5, 0.6) is 5.75 Å². The van der Waals surface area contributed by atoms with Gasteiger partial charge < -0.3 is 14.8 Å². The summed E-state index contributed by atoms with van der Waals surface area (Å²) in [6.07, 6.45) is -5.69. The minimum atomic E-state index is -4.51. The van der Waals surface area contributed by atoms with Gasteiger partial charge in [-0.25, -0.2) is 13.2 Å². The topological polar surface area (TPSA) is 81.7 Å². The summed E-state index contributed by atoms with van der Waals surface area (Å²) in [7, 11) is -3.23. The number of benzene rings is 1. The van der Waals surface area contributed by atoms with E-state index in [4.69, 9.17) is 9.47 Å². The predicted molar refractivity (Wildman–Crippen MR) is 89.6 cm³/mol. The number of alkyl carbamates (subject to hydrolysis) is 1. The van der Waals surface area contributed by atoms with Crippen LogP contribution in [-0.4, -0.2) is 38.9 Å². The monoisotopic (exact) mass is 397 g/mol. The van der Waals surface area contributed by atoms with E-state index in [0.29, 0.717) is 6.42 Å². The van der Waals surface area contributed by atoms with E-state index in [-0.39, 0.29) is 30.2 Å². The number of carbonyl (C=O) groups is 1. The van der Waals surface area contributed by atoms with E-state index in [0.717, 1.165) is 12.1 Å². The van der Waals surface area contributed by atoms with Crippen molar-refractivity contribution in [1.29, 1.82) is 0 Å². The van der Waals surface area contributed by atoms with Gasteiger partial charge in [-0.2, -0.15) is 13.2 Å². The first-order chi connectivity index (χ1) is 12.1. The van der Waals surface area contributed by atoms with Crippen molar-refractivity contribution in [2.24, 2.45) is 0 Å². The van der Waals surface area contributed by atoms with Crippen LogP contribution in [0.1, 0.15) is 32.3 Å². The van der Waals surface area contributed by atoms with Crippen LogP contribution in [0.3, 0.4) is 0 Å². The summed E-state index contributed by atoms with van der Waals surface area (Å²) < 4.78 is 71.2. The van der Waals surface area contributed by atoms with Gasteiger partial charge >= 0.3 is 12.3 Å². The van der Waals surface area contributed by atoms with E-state index in [1.54, 1.807) is 6.92 Å². The van der Waals surface area contributed by atoms with Gasteiger partial charge in [0.15, 0.2) is 9.84 Å². The van der Waals surface area contributed by atoms with Gasteiger partial charge in [0.1, 0.15) is 5.75 Å². The molecular formula is C16H22F3NO5S. The van der Waals surface area contributed by atoms with E-state index in [1.165, 1.54) is 19.1 Å². The lowest BCUT2D eigenvalue weighted by Gasteiger charge is -2.20. The molecular weight excluding hydrogens is 375 g/mol. The quantitative estimate of drug-likeness (QED) is 0.646. The predicted octanol–water partition coefficient (Wildman–Crippen LogP) is 3.37. The molecule has 6 nitrogen and oxygen atoms in total. The van der Waals surface area contributed by atoms with Crippen molar-refractivity contribution in [1.82, 2.24) is 5.32 Å². The Morgan fingerprint density at radius 3 is 2.54 bits per heavy atom. The Labute approximate surface area is 150 Å². The highest BCUT2D eigenvalue weighted by atomic mass is 32.2. The number of halogens is 3. The Bertz CT molecular complexity index is 691. The largest absolute Gasteiger partial charge is 0.455 e. The zero-order valence-electron chi connectivity index (χ0n) is 14.5. The van der Waals surface area contributed by atoms with Gasteiger partial charge in [-0.05, 0) is 24.6 Å². The molecule has 0 heterocycles. The number of alkyl halides is 3. The Morgan fingerprint density at radius 2 is 1.96 bits per heavy atom. The van der Waals surface area contributed by atoms with Crippen LogP contribution in [0.25, 0.3) is 0 Å². The Morgan fingerprint density at radius 1 is 1.27 bits per heavy atom. The summed E-state index contributed by atoms with van der Waals surface area (Å²) in [5, 5.41) is 2.28. The van der Waals surface area contributed by atoms with E-state index < -0.39 is 34.0 Å². The molecule has 10 heteroatoms. The third-order valence-corrected chi connectivity index (χ3v) is 5.02. The maximum atomic E-state index is 12.7. The van der Waals surface area contributed by atoms with E-state index >= 15 is 0 Å². The first-order valence-electron chi connectivity index (χ1n) is 8.06. The number of sulfone groups is 1. The van der Waals surface area contributed by atoms with Crippen molar-refractivity contribution in [3.05, 3.63) is 29.8 Å². The van der Waals surface area contributed by atoms with Crippen molar-refractivity contribution in [2.75, 3.05) is 18.1 Å². The number of amides is 1. The Kier molecular flexibility index (Phi) is 8.19. The molecule has 0 radical (unpaired) electrons. The van der Waals surface area contributed by atoms with E-state index in [2.05, 4.69) is 5.32 Å². The second kappa shape index (κ2) is 9.65. The van der Waals surface area contributed by atoms with Gasteiger partial charge in [-0.1, -0.05) is 19.9 Å². The molecule has 0 saturated carbocycles. The highest BCUT2D eigenvalue weighted by Gasteiger charge is 2.31. The molecule has 0 aromatic heterocycles. The van der Waals surface area contributed by atoms with Crippen molar-refractivity contribution in [3.8, 4) is 5.75 Å². The average molecular weight is 397 g/mol. The van der Waals surface area contributed by atoms with Crippen LogP contribution in [0.2, 0.25) is 0 Å². The standard InChI is InChI=1S/C16H22F3NO5S/c1-3-6-14(25-15(21)20-9-10-26(22,23)4-2)24-13-8-5-7-12(11-13)16(17,18)19/h5,7-8,11,14H,3-4,6,9-10H2,1-2H3,(H,20,21). The summed E-state index contributed by atoms with van der Waals surface area (Å²) >= 11 is 0. The zero-order valence-corrected chi connectivity index (χ0v) is 15.3. The van der Waals surface area contributed by atoms with Crippen molar-refractivity contribution >= 4 is 15.9 Å². The number of hydrogen-bond acceptors (Lipinski definition) is 5. The fourth-order valence-electron chi connectivity index (χ4n) is 1.89. The molecule has 148 valence electrons. The number of rotatable bonds is 9. The van der Waals surface area contributed by atoms with Gasteiger partial charge in [0.2, 0.25) is 6.29 Å². The summed E-state index contributed by atoms with van der Waals surface area (Å²) in [4.78, 5) is 11.7. The highest BCUT2D eigenvalue weighted by Crippen LogP contribution is 2.31. The normalized spacial score (nSPS) is 13.1. The Balaban J connectivity index is 2.65. The van der Waals surface area contributed by atoms with Crippen LogP contribution < -0.4 is 10.1 Å². The molecule has 0 fully saturated rings. The number of carbonyl (C=O) groups excluding carboxylic acids is 1. The number of nitrogens with one attached hydrogen (secondary N) is 1. The molecule has 26 heavy (non-hydrogen) atoms. The van der Waals surface area contributed by atoms with Crippen LogP contribution in [0, 0.1) is 0 Å². The SMILES string of the molecule is CCCC(OC(=O)NCCS(=O)(=O)CC)Oc1cccc(C(F)(F)F)c1. The molecule has 1 aromatic rings. The minimum Gasteiger partial charge on any atom is -0.455 e.